The van der Waals surface area contributed by atoms with Gasteiger partial charge in [-0.25, -0.2) is 18.0 Å². The van der Waals surface area contributed by atoms with E-state index in [1.165, 1.54) is 6.07 Å². The van der Waals surface area contributed by atoms with Crippen LogP contribution in [-0.2, 0) is 11.0 Å². The number of nitrogens with one attached hydrogen (secondary N) is 1. The van der Waals surface area contributed by atoms with Crippen LogP contribution in [0.4, 0.5) is 39.5 Å². The third kappa shape index (κ3) is 4.81. The molecule has 33 heavy (non-hydrogen) atoms. The highest BCUT2D eigenvalue weighted by Gasteiger charge is 2.80. The third-order valence-corrected chi connectivity index (χ3v) is 6.45. The van der Waals surface area contributed by atoms with Gasteiger partial charge >= 0.3 is 18.3 Å². The molecule has 0 amide bonds. The van der Waals surface area contributed by atoms with Crippen molar-refractivity contribution in [2.75, 3.05) is 13.1 Å². The number of carboxylic acids is 1. The number of halogens is 9. The van der Waals surface area contributed by atoms with Crippen molar-refractivity contribution in [1.82, 2.24) is 9.69 Å². The molecule has 1 aliphatic heterocycles. The maximum atomic E-state index is 14.5. The molecule has 4 nitrogen and oxygen atoms in total. The van der Waals surface area contributed by atoms with Gasteiger partial charge in [0.05, 0.1) is 27.5 Å². The Hall–Kier alpha value is -2.35. The Bertz CT molecular complexity index is 1030. The van der Waals surface area contributed by atoms with Crippen molar-refractivity contribution in [3.05, 3.63) is 41.3 Å². The fourth-order valence-electron chi connectivity index (χ4n) is 3.99. The largest absolute Gasteiger partial charge is 0.490 e. The van der Waals surface area contributed by atoms with Gasteiger partial charge in [-0.05, 0) is 61.7 Å². The molecule has 0 radical (unpaired) electrons. The molecule has 2 aromatic rings. The van der Waals surface area contributed by atoms with Crippen LogP contribution >= 0.6 is 11.5 Å². The normalized spacial score (nSPS) is 21.3. The summed E-state index contributed by atoms with van der Waals surface area (Å²) >= 11 is 0.734. The van der Waals surface area contributed by atoms with Gasteiger partial charge in [0.1, 0.15) is 5.82 Å². The number of piperidine rings is 1. The highest BCUT2D eigenvalue weighted by atomic mass is 32.1. The van der Waals surface area contributed by atoms with Crippen molar-refractivity contribution < 1.29 is 49.4 Å². The summed E-state index contributed by atoms with van der Waals surface area (Å²) in [7, 11) is 0. The van der Waals surface area contributed by atoms with Gasteiger partial charge in [-0.2, -0.15) is 30.7 Å². The first kappa shape index (κ1) is 25.3. The summed E-state index contributed by atoms with van der Waals surface area (Å²) in [6, 6.07) is 3.64. The number of rotatable bonds is 2. The van der Waals surface area contributed by atoms with Gasteiger partial charge in [-0.15, -0.1) is 0 Å². The second-order valence-corrected chi connectivity index (χ2v) is 8.37. The number of hydrogen-bond donors (Lipinski definition) is 2. The standard InChI is InChI=1S/C17H14F6N2S.C2HF3O2/c18-9-1-2-10(11(7-9)17(21,22)23)13-8-12(25-26-13)14-15(16(14,19)20)3-5-24-6-4-15;3-2(4,5)1(6)7/h1-2,7-8,14,24H,3-6H2;(H,6,7). The molecule has 4 rings (SSSR count). The van der Waals surface area contributed by atoms with Gasteiger partial charge in [0.15, 0.2) is 0 Å². The molecule has 1 aromatic heterocycles. The van der Waals surface area contributed by atoms with E-state index in [0.29, 0.717) is 32.0 Å². The minimum Gasteiger partial charge on any atom is -0.475 e. The minimum atomic E-state index is -5.08. The maximum Gasteiger partial charge on any atom is 0.490 e. The average molecular weight is 506 g/mol. The zero-order chi connectivity index (χ0) is 24.8. The maximum absolute atomic E-state index is 14.5. The van der Waals surface area contributed by atoms with Crippen molar-refractivity contribution in [3.63, 3.8) is 0 Å². The lowest BCUT2D eigenvalue weighted by atomic mass is 9.90. The molecular weight excluding hydrogens is 491 g/mol. The lowest BCUT2D eigenvalue weighted by molar-refractivity contribution is -0.192. The van der Waals surface area contributed by atoms with Crippen LogP contribution in [0.2, 0.25) is 0 Å². The fourth-order valence-corrected chi connectivity index (χ4v) is 4.80. The summed E-state index contributed by atoms with van der Waals surface area (Å²) in [5.74, 6) is -7.74. The summed E-state index contributed by atoms with van der Waals surface area (Å²) in [4.78, 5) is 9.01. The summed E-state index contributed by atoms with van der Waals surface area (Å²) in [5, 5.41) is 10.2. The van der Waals surface area contributed by atoms with Crippen LogP contribution in [0.1, 0.15) is 30.0 Å². The van der Waals surface area contributed by atoms with Gasteiger partial charge in [-0.1, -0.05) is 0 Å². The van der Waals surface area contributed by atoms with E-state index in [2.05, 4.69) is 9.69 Å². The van der Waals surface area contributed by atoms with E-state index in [0.717, 1.165) is 23.7 Å². The second kappa shape index (κ2) is 8.46. The summed E-state index contributed by atoms with van der Waals surface area (Å²) < 4.78 is 118. The number of alkyl halides is 8. The Morgan fingerprint density at radius 2 is 1.67 bits per heavy atom. The monoisotopic (exact) mass is 506 g/mol. The highest BCUT2D eigenvalue weighted by Crippen LogP contribution is 2.75. The number of benzene rings is 1. The minimum absolute atomic E-state index is 0.110. The van der Waals surface area contributed by atoms with Crippen LogP contribution in [0.5, 0.6) is 0 Å². The van der Waals surface area contributed by atoms with Crippen molar-refractivity contribution >= 4 is 17.5 Å². The van der Waals surface area contributed by atoms with Gasteiger partial charge in [0, 0.05) is 5.56 Å². The molecular formula is C19H15F9N2O2S. The first-order chi connectivity index (χ1) is 15.1. The van der Waals surface area contributed by atoms with Gasteiger partial charge in [0.2, 0.25) is 0 Å². The Labute approximate surface area is 184 Å². The van der Waals surface area contributed by atoms with E-state index < -0.39 is 47.0 Å². The van der Waals surface area contributed by atoms with E-state index in [9.17, 15) is 39.5 Å². The molecule has 14 heteroatoms. The SMILES string of the molecule is Fc1ccc(-c2cc(C3C(F)(F)C34CCNCC4)ns2)c(C(F)(F)F)c1.O=C(O)C(F)(F)F. The lowest BCUT2D eigenvalue weighted by Crippen LogP contribution is -2.32. The van der Waals surface area contributed by atoms with E-state index in [1.807, 2.05) is 0 Å². The van der Waals surface area contributed by atoms with Gasteiger partial charge < -0.3 is 10.4 Å². The summed E-state index contributed by atoms with van der Waals surface area (Å²) in [5.41, 5.74) is -2.41. The first-order valence-electron chi connectivity index (χ1n) is 9.33. The molecule has 182 valence electrons. The molecule has 1 aromatic carbocycles. The topological polar surface area (TPSA) is 62.2 Å². The number of aliphatic carboxylic acids is 1. The molecule has 0 bridgehead atoms. The Morgan fingerprint density at radius 1 is 1.09 bits per heavy atom. The fraction of sp³-hybridized carbons (Fsp3) is 0.474. The van der Waals surface area contributed by atoms with Crippen LogP contribution in [0.25, 0.3) is 10.4 Å². The van der Waals surface area contributed by atoms with Crippen LogP contribution in [0.3, 0.4) is 0 Å². The van der Waals surface area contributed by atoms with Gasteiger partial charge in [0.25, 0.3) is 5.92 Å². The van der Waals surface area contributed by atoms with Crippen LogP contribution < -0.4 is 5.32 Å². The Kier molecular flexibility index (Phi) is 6.48. The molecule has 1 atom stereocenters. The molecule has 1 saturated heterocycles. The highest BCUT2D eigenvalue weighted by molar-refractivity contribution is 7.09. The molecule has 2 fully saturated rings. The number of hydrogen-bond acceptors (Lipinski definition) is 4. The number of nitrogens with zero attached hydrogens (tertiary/aromatic N) is 1. The zero-order valence-corrected chi connectivity index (χ0v) is 17.1. The van der Waals surface area contributed by atoms with Crippen LogP contribution in [0, 0.1) is 11.2 Å². The lowest BCUT2D eigenvalue weighted by Gasteiger charge is -2.22. The van der Waals surface area contributed by atoms with E-state index in [1.54, 1.807) is 0 Å². The molecule has 2 N–H and O–H groups in total. The van der Waals surface area contributed by atoms with Crippen LogP contribution in [-0.4, -0.2) is 40.6 Å². The number of carboxylic acid groups (broad SMARTS) is 1. The van der Waals surface area contributed by atoms with Crippen LogP contribution in [0.15, 0.2) is 24.3 Å². The number of carbonyl (C=O) groups is 1. The first-order valence-corrected chi connectivity index (χ1v) is 10.1. The number of aromatic nitrogens is 1. The quantitative estimate of drug-likeness (QED) is 0.513. The van der Waals surface area contributed by atoms with Crippen molar-refractivity contribution in [1.29, 1.82) is 0 Å². The van der Waals surface area contributed by atoms with E-state index in [-0.39, 0.29) is 16.1 Å². The Morgan fingerprint density at radius 3 is 2.18 bits per heavy atom. The molecule has 1 spiro atoms. The average Bonchev–Trinajstić information content (AvgIpc) is 3.00. The van der Waals surface area contributed by atoms with Crippen molar-refractivity contribution in [2.45, 2.75) is 37.0 Å². The van der Waals surface area contributed by atoms with Crippen molar-refractivity contribution in [2.24, 2.45) is 5.41 Å². The van der Waals surface area contributed by atoms with E-state index >= 15 is 0 Å². The molecule has 1 unspecified atom stereocenters. The third-order valence-electron chi connectivity index (χ3n) is 5.61. The molecule has 2 aliphatic rings. The predicted octanol–water partition coefficient (Wildman–Crippen LogP) is 5.70. The Balaban J connectivity index is 0.000000383. The van der Waals surface area contributed by atoms with Gasteiger partial charge in [-0.3, -0.25) is 0 Å². The smallest absolute Gasteiger partial charge is 0.475 e. The predicted molar refractivity (Wildman–Crippen MR) is 98.4 cm³/mol. The van der Waals surface area contributed by atoms with E-state index in [4.69, 9.17) is 9.90 Å². The second-order valence-electron chi connectivity index (χ2n) is 7.57. The molecule has 1 saturated carbocycles. The molecule has 1 aliphatic carbocycles. The molecule has 2 heterocycles. The van der Waals surface area contributed by atoms with Crippen molar-refractivity contribution in [3.8, 4) is 10.4 Å². The zero-order valence-electron chi connectivity index (χ0n) is 16.3. The summed E-state index contributed by atoms with van der Waals surface area (Å²) in [6.45, 7) is 0.971. The summed E-state index contributed by atoms with van der Waals surface area (Å²) in [6.07, 6.45) is -9.22.